The zero-order valence-corrected chi connectivity index (χ0v) is 10.4. The highest BCUT2D eigenvalue weighted by Gasteiger charge is 2.35. The summed E-state index contributed by atoms with van der Waals surface area (Å²) in [6.07, 6.45) is 1.57. The zero-order chi connectivity index (χ0) is 13.7. The monoisotopic (exact) mass is 254 g/mol. The third-order valence-electron chi connectivity index (χ3n) is 2.98. The van der Waals surface area contributed by atoms with Crippen LogP contribution in [-0.4, -0.2) is 17.4 Å². The van der Waals surface area contributed by atoms with Crippen molar-refractivity contribution in [3.63, 3.8) is 0 Å². The van der Waals surface area contributed by atoms with Gasteiger partial charge in [0, 0.05) is 0 Å². The summed E-state index contributed by atoms with van der Waals surface area (Å²) in [6, 6.07) is 18.7. The van der Waals surface area contributed by atoms with E-state index in [4.69, 9.17) is 4.65 Å². The predicted molar refractivity (Wildman–Crippen MR) is 75.1 cm³/mol. The lowest BCUT2D eigenvalue weighted by molar-refractivity contribution is 0.0878. The maximum Gasteiger partial charge on any atom is 0.635 e. The van der Waals surface area contributed by atoms with Crippen LogP contribution in [0.2, 0.25) is 0 Å². The molecule has 0 amide bonds. The second-order valence-electron chi connectivity index (χ2n) is 4.12. The maximum atomic E-state index is 9.23. The smallest absolute Gasteiger partial charge is 0.402 e. The molecular formula is C15H15BO3. The zero-order valence-electron chi connectivity index (χ0n) is 10.4. The van der Waals surface area contributed by atoms with Gasteiger partial charge in [0.1, 0.15) is 5.60 Å². The third kappa shape index (κ3) is 2.76. The van der Waals surface area contributed by atoms with Crippen molar-refractivity contribution >= 4 is 7.32 Å². The minimum Gasteiger partial charge on any atom is -0.402 e. The van der Waals surface area contributed by atoms with Crippen molar-refractivity contribution in [3.8, 4) is 0 Å². The minimum absolute atomic E-state index is 0.782. The fourth-order valence-electron chi connectivity index (χ4n) is 2.12. The average Bonchev–Trinajstić information content (AvgIpc) is 2.46. The highest BCUT2D eigenvalue weighted by molar-refractivity contribution is 6.33. The van der Waals surface area contributed by atoms with Crippen molar-refractivity contribution in [2.24, 2.45) is 0 Å². The topological polar surface area (TPSA) is 49.7 Å². The Morgan fingerprint density at radius 3 is 1.63 bits per heavy atom. The Hall–Kier alpha value is -1.88. The molecule has 2 aromatic carbocycles. The maximum absolute atomic E-state index is 9.23. The van der Waals surface area contributed by atoms with Crippen LogP contribution in [0.5, 0.6) is 0 Å². The second-order valence-corrected chi connectivity index (χ2v) is 4.12. The number of rotatable bonds is 5. The van der Waals surface area contributed by atoms with E-state index in [-0.39, 0.29) is 0 Å². The van der Waals surface area contributed by atoms with Crippen LogP contribution in [0.25, 0.3) is 0 Å². The Kier molecular flexibility index (Phi) is 4.17. The van der Waals surface area contributed by atoms with Crippen LogP contribution in [0, 0.1) is 0 Å². The van der Waals surface area contributed by atoms with E-state index in [0.717, 1.165) is 11.1 Å². The molecule has 0 unspecified atom stereocenters. The van der Waals surface area contributed by atoms with Gasteiger partial charge in [0.05, 0.1) is 0 Å². The molecule has 0 saturated carbocycles. The highest BCUT2D eigenvalue weighted by Crippen LogP contribution is 2.34. The predicted octanol–water partition coefficient (Wildman–Crippen LogP) is 2.10. The van der Waals surface area contributed by atoms with Crippen molar-refractivity contribution in [2.45, 2.75) is 5.60 Å². The van der Waals surface area contributed by atoms with Crippen molar-refractivity contribution in [2.75, 3.05) is 0 Å². The Morgan fingerprint density at radius 2 is 1.32 bits per heavy atom. The van der Waals surface area contributed by atoms with Gasteiger partial charge in [0.25, 0.3) is 0 Å². The number of hydrogen-bond acceptors (Lipinski definition) is 3. The molecule has 96 valence electrons. The molecule has 19 heavy (non-hydrogen) atoms. The molecule has 4 heteroatoms. The van der Waals surface area contributed by atoms with Crippen LogP contribution in [0.3, 0.4) is 0 Å². The molecule has 2 aromatic rings. The Bertz CT molecular complexity index is 486. The quantitative estimate of drug-likeness (QED) is 0.634. The highest BCUT2D eigenvalue weighted by atomic mass is 16.6. The van der Waals surface area contributed by atoms with E-state index in [1.807, 2.05) is 60.7 Å². The lowest BCUT2D eigenvalue weighted by Crippen LogP contribution is -2.36. The first-order valence-corrected chi connectivity index (χ1v) is 5.97. The van der Waals surface area contributed by atoms with Crippen molar-refractivity contribution in [1.29, 1.82) is 0 Å². The van der Waals surface area contributed by atoms with Crippen LogP contribution in [0.4, 0.5) is 0 Å². The molecule has 0 aliphatic carbocycles. The first-order valence-electron chi connectivity index (χ1n) is 5.97. The van der Waals surface area contributed by atoms with Crippen molar-refractivity contribution in [1.82, 2.24) is 0 Å². The van der Waals surface area contributed by atoms with E-state index >= 15 is 0 Å². The van der Waals surface area contributed by atoms with E-state index in [2.05, 4.69) is 6.58 Å². The summed E-state index contributed by atoms with van der Waals surface area (Å²) in [5, 5.41) is 18.5. The summed E-state index contributed by atoms with van der Waals surface area (Å²) in [5.41, 5.74) is 0.477. The molecule has 0 aliphatic heterocycles. The first-order chi connectivity index (χ1) is 9.19. The molecule has 0 bridgehead atoms. The van der Waals surface area contributed by atoms with E-state index < -0.39 is 12.9 Å². The van der Waals surface area contributed by atoms with Crippen LogP contribution >= 0.6 is 0 Å². The first kappa shape index (κ1) is 13.6. The van der Waals surface area contributed by atoms with Gasteiger partial charge >= 0.3 is 7.32 Å². The molecule has 3 nitrogen and oxygen atoms in total. The molecule has 0 aromatic heterocycles. The molecule has 0 atom stereocenters. The number of hydrogen-bond donors (Lipinski definition) is 2. The van der Waals surface area contributed by atoms with Gasteiger partial charge in [0.15, 0.2) is 0 Å². The summed E-state index contributed by atoms with van der Waals surface area (Å²) < 4.78 is 5.35. The van der Waals surface area contributed by atoms with Crippen LogP contribution in [0.1, 0.15) is 11.1 Å². The van der Waals surface area contributed by atoms with E-state index in [1.165, 1.54) is 0 Å². The molecule has 2 N–H and O–H groups in total. The minimum atomic E-state index is -1.89. The molecular weight excluding hydrogens is 239 g/mol. The molecule has 0 fully saturated rings. The molecule has 0 aliphatic rings. The molecule has 0 heterocycles. The fourth-order valence-corrected chi connectivity index (χ4v) is 2.12. The van der Waals surface area contributed by atoms with Gasteiger partial charge in [-0.3, -0.25) is 0 Å². The standard InChI is InChI=1S/C15H15BO3/c1-2-15(19-16(17)18,13-9-5-3-6-10-13)14-11-7-4-8-12-14/h2-12,17-18H,1H2. The number of benzene rings is 2. The van der Waals surface area contributed by atoms with Gasteiger partial charge in [0.2, 0.25) is 0 Å². The van der Waals surface area contributed by atoms with Gasteiger partial charge in [-0.2, -0.15) is 0 Å². The summed E-state index contributed by atoms with van der Waals surface area (Å²) in [4.78, 5) is 0. The van der Waals surface area contributed by atoms with Gasteiger partial charge in [-0.05, 0) is 11.1 Å². The van der Waals surface area contributed by atoms with Crippen LogP contribution < -0.4 is 0 Å². The summed E-state index contributed by atoms with van der Waals surface area (Å²) in [6.45, 7) is 3.79. The Balaban J connectivity index is 2.58. The van der Waals surface area contributed by atoms with Gasteiger partial charge in [-0.1, -0.05) is 73.3 Å². The second kappa shape index (κ2) is 5.84. The molecule has 0 spiro atoms. The summed E-state index contributed by atoms with van der Waals surface area (Å²) in [5.74, 6) is 0. The van der Waals surface area contributed by atoms with E-state index in [1.54, 1.807) is 6.08 Å². The molecule has 0 saturated heterocycles. The average molecular weight is 254 g/mol. The normalized spacial score (nSPS) is 11.1. The van der Waals surface area contributed by atoms with E-state index in [9.17, 15) is 10.0 Å². The SMILES string of the molecule is C=CC(OB(O)O)(c1ccccc1)c1ccccc1. The molecule has 0 radical (unpaired) electrons. The third-order valence-corrected chi connectivity index (χ3v) is 2.98. The van der Waals surface area contributed by atoms with E-state index in [0.29, 0.717) is 0 Å². The molecule has 2 rings (SSSR count). The van der Waals surface area contributed by atoms with Crippen molar-refractivity contribution in [3.05, 3.63) is 84.4 Å². The van der Waals surface area contributed by atoms with Crippen molar-refractivity contribution < 1.29 is 14.7 Å². The van der Waals surface area contributed by atoms with Gasteiger partial charge in [-0.15, -0.1) is 0 Å². The fraction of sp³-hybridized carbons (Fsp3) is 0.0667. The lowest BCUT2D eigenvalue weighted by atomic mass is 9.85. The Morgan fingerprint density at radius 1 is 0.895 bits per heavy atom. The summed E-state index contributed by atoms with van der Waals surface area (Å²) >= 11 is 0. The summed E-state index contributed by atoms with van der Waals surface area (Å²) in [7, 11) is -1.89. The largest absolute Gasteiger partial charge is 0.635 e. The van der Waals surface area contributed by atoms with Crippen LogP contribution in [0.15, 0.2) is 73.3 Å². The van der Waals surface area contributed by atoms with Crippen LogP contribution in [-0.2, 0) is 10.3 Å². The lowest BCUT2D eigenvalue weighted by Gasteiger charge is -2.32. The van der Waals surface area contributed by atoms with Gasteiger partial charge < -0.3 is 14.7 Å². The van der Waals surface area contributed by atoms with Gasteiger partial charge in [-0.25, -0.2) is 0 Å². The Labute approximate surface area is 113 Å².